The summed E-state index contributed by atoms with van der Waals surface area (Å²) in [6.45, 7) is 0. The van der Waals surface area contributed by atoms with Gasteiger partial charge in [-0.15, -0.1) is 0 Å². The topological polar surface area (TPSA) is 76.0 Å². The van der Waals surface area contributed by atoms with E-state index in [1.807, 2.05) is 12.1 Å². The molecule has 8 heteroatoms. The zero-order chi connectivity index (χ0) is 21.8. The first-order chi connectivity index (χ1) is 15.0. The average Bonchev–Trinajstić information content (AvgIpc) is 3.26. The minimum Gasteiger partial charge on any atom is -0.349 e. The van der Waals surface area contributed by atoms with Crippen LogP contribution in [0.5, 0.6) is 0 Å². The normalized spacial score (nSPS) is 14.3. The first-order valence-electron chi connectivity index (χ1n) is 10.2. The number of nitrogens with one attached hydrogen (secondary N) is 2. The van der Waals surface area contributed by atoms with Crippen LogP contribution in [0.2, 0.25) is 10.0 Å². The molecular weight excluding hydrogens is 435 g/mol. The molecule has 2 N–H and O–H groups in total. The number of carbonyl (C=O) groups is 2. The van der Waals surface area contributed by atoms with Crippen molar-refractivity contribution < 1.29 is 9.59 Å². The molecule has 2 aromatic carbocycles. The lowest BCUT2D eigenvalue weighted by atomic mass is 9.95. The molecule has 0 unspecified atom stereocenters. The number of carbonyl (C=O) groups excluding carboxylic acids is 2. The lowest BCUT2D eigenvalue weighted by Gasteiger charge is -2.23. The van der Waals surface area contributed by atoms with Crippen LogP contribution in [-0.2, 0) is 0 Å². The molecule has 3 aromatic rings. The number of anilines is 1. The van der Waals surface area contributed by atoms with Crippen molar-refractivity contribution in [2.24, 2.45) is 0 Å². The van der Waals surface area contributed by atoms with Gasteiger partial charge < -0.3 is 10.6 Å². The predicted octanol–water partition coefficient (Wildman–Crippen LogP) is 5.49. The quantitative estimate of drug-likeness (QED) is 0.532. The van der Waals surface area contributed by atoms with Crippen LogP contribution in [0, 0.1) is 0 Å². The first-order valence-corrected chi connectivity index (χ1v) is 11.0. The highest BCUT2D eigenvalue weighted by Gasteiger charge is 2.19. The third kappa shape index (κ3) is 5.27. The second-order valence-corrected chi connectivity index (χ2v) is 8.45. The molecule has 1 heterocycles. The van der Waals surface area contributed by atoms with E-state index in [-0.39, 0.29) is 17.9 Å². The summed E-state index contributed by atoms with van der Waals surface area (Å²) in [6.07, 6.45) is 8.51. The fourth-order valence-corrected chi connectivity index (χ4v) is 4.08. The van der Waals surface area contributed by atoms with E-state index in [9.17, 15) is 9.59 Å². The molecule has 1 fully saturated rings. The smallest absolute Gasteiger partial charge is 0.258 e. The summed E-state index contributed by atoms with van der Waals surface area (Å²) in [5.74, 6) is -0.559. The number of nitrogens with zero attached hydrogens (tertiary/aromatic N) is 2. The van der Waals surface area contributed by atoms with E-state index in [1.54, 1.807) is 41.2 Å². The van der Waals surface area contributed by atoms with Crippen LogP contribution in [0.1, 0.15) is 52.8 Å². The van der Waals surface area contributed by atoms with E-state index in [0.29, 0.717) is 26.9 Å². The third-order valence-corrected chi connectivity index (χ3v) is 5.89. The van der Waals surface area contributed by atoms with E-state index in [4.69, 9.17) is 23.2 Å². The monoisotopic (exact) mass is 456 g/mol. The Kier molecular flexibility index (Phi) is 6.59. The van der Waals surface area contributed by atoms with E-state index in [1.165, 1.54) is 12.6 Å². The third-order valence-electron chi connectivity index (χ3n) is 5.33. The lowest BCUT2D eigenvalue weighted by Crippen LogP contribution is -2.36. The Morgan fingerprint density at radius 2 is 1.81 bits per heavy atom. The van der Waals surface area contributed by atoms with Gasteiger partial charge in [-0.1, -0.05) is 48.5 Å². The second-order valence-electron chi connectivity index (χ2n) is 7.61. The van der Waals surface area contributed by atoms with E-state index in [2.05, 4.69) is 15.7 Å². The van der Waals surface area contributed by atoms with Gasteiger partial charge in [-0.2, -0.15) is 5.10 Å². The predicted molar refractivity (Wildman–Crippen MR) is 122 cm³/mol. The zero-order valence-corrected chi connectivity index (χ0v) is 18.3. The van der Waals surface area contributed by atoms with Gasteiger partial charge in [-0.05, 0) is 49.2 Å². The number of aromatic nitrogens is 2. The Hall–Kier alpha value is -2.83. The fourth-order valence-electron chi connectivity index (χ4n) is 3.69. The molecule has 1 aromatic heterocycles. The number of amides is 2. The summed E-state index contributed by atoms with van der Waals surface area (Å²) in [5.41, 5.74) is 1.96. The minimum atomic E-state index is -0.339. The van der Waals surface area contributed by atoms with Crippen LogP contribution < -0.4 is 10.6 Å². The Morgan fingerprint density at radius 3 is 2.58 bits per heavy atom. The van der Waals surface area contributed by atoms with Gasteiger partial charge in [0, 0.05) is 22.9 Å². The van der Waals surface area contributed by atoms with Crippen LogP contribution in [0.4, 0.5) is 5.69 Å². The summed E-state index contributed by atoms with van der Waals surface area (Å²) in [6, 6.07) is 12.2. The van der Waals surface area contributed by atoms with Gasteiger partial charge in [0.05, 0.1) is 28.0 Å². The largest absolute Gasteiger partial charge is 0.349 e. The van der Waals surface area contributed by atoms with Gasteiger partial charge in [-0.3, -0.25) is 9.59 Å². The molecule has 31 heavy (non-hydrogen) atoms. The van der Waals surface area contributed by atoms with Crippen LogP contribution in [0.3, 0.4) is 0 Å². The molecule has 0 spiro atoms. The molecule has 0 aliphatic heterocycles. The van der Waals surface area contributed by atoms with Crippen LogP contribution in [0.25, 0.3) is 5.69 Å². The van der Waals surface area contributed by atoms with Crippen molar-refractivity contribution >= 4 is 40.7 Å². The van der Waals surface area contributed by atoms with Crippen LogP contribution in [0.15, 0.2) is 54.9 Å². The molecule has 160 valence electrons. The number of hydrogen-bond donors (Lipinski definition) is 2. The average molecular weight is 457 g/mol. The van der Waals surface area contributed by atoms with Crippen molar-refractivity contribution in [1.29, 1.82) is 0 Å². The maximum absolute atomic E-state index is 12.7. The van der Waals surface area contributed by atoms with Gasteiger partial charge >= 0.3 is 0 Å². The van der Waals surface area contributed by atoms with E-state index < -0.39 is 0 Å². The van der Waals surface area contributed by atoms with Crippen molar-refractivity contribution in [3.63, 3.8) is 0 Å². The molecule has 2 amide bonds. The molecule has 0 radical (unpaired) electrons. The summed E-state index contributed by atoms with van der Waals surface area (Å²) in [5, 5.41) is 11.0. The number of halogens is 2. The van der Waals surface area contributed by atoms with Crippen molar-refractivity contribution in [2.45, 2.75) is 38.1 Å². The summed E-state index contributed by atoms with van der Waals surface area (Å²) < 4.78 is 1.58. The maximum atomic E-state index is 12.7. The van der Waals surface area contributed by atoms with Crippen molar-refractivity contribution in [3.05, 3.63) is 76.0 Å². The molecule has 4 rings (SSSR count). The van der Waals surface area contributed by atoms with Gasteiger partial charge in [0.2, 0.25) is 0 Å². The summed E-state index contributed by atoms with van der Waals surface area (Å²) in [4.78, 5) is 25.4. The van der Waals surface area contributed by atoms with E-state index in [0.717, 1.165) is 31.4 Å². The van der Waals surface area contributed by atoms with Crippen molar-refractivity contribution in [2.75, 3.05) is 5.32 Å². The van der Waals surface area contributed by atoms with Crippen LogP contribution >= 0.6 is 23.2 Å². The van der Waals surface area contributed by atoms with Gasteiger partial charge in [0.25, 0.3) is 11.8 Å². The molecule has 1 saturated carbocycles. The highest BCUT2D eigenvalue weighted by molar-refractivity contribution is 6.34. The summed E-state index contributed by atoms with van der Waals surface area (Å²) in [7, 11) is 0. The number of benzene rings is 2. The summed E-state index contributed by atoms with van der Waals surface area (Å²) >= 11 is 12.3. The van der Waals surface area contributed by atoms with Gasteiger partial charge in [0.15, 0.2) is 0 Å². The Morgan fingerprint density at radius 1 is 1.00 bits per heavy atom. The van der Waals surface area contributed by atoms with Gasteiger partial charge in [-0.25, -0.2) is 4.68 Å². The fraction of sp³-hybridized carbons (Fsp3) is 0.261. The SMILES string of the molecule is O=C(Nc1ccc(Cl)c(C(=O)NC2CCCCC2)c1)c1cnn(-c2cccc(Cl)c2)c1. The van der Waals surface area contributed by atoms with Crippen LogP contribution in [-0.4, -0.2) is 27.6 Å². The Bertz CT molecular complexity index is 1110. The van der Waals surface area contributed by atoms with Crippen molar-refractivity contribution in [1.82, 2.24) is 15.1 Å². The Balaban J connectivity index is 1.46. The highest BCUT2D eigenvalue weighted by atomic mass is 35.5. The molecule has 1 aliphatic carbocycles. The maximum Gasteiger partial charge on any atom is 0.258 e. The number of hydrogen-bond acceptors (Lipinski definition) is 3. The Labute approximate surface area is 190 Å². The molecule has 6 nitrogen and oxygen atoms in total. The second kappa shape index (κ2) is 9.54. The highest BCUT2D eigenvalue weighted by Crippen LogP contribution is 2.23. The zero-order valence-electron chi connectivity index (χ0n) is 16.8. The van der Waals surface area contributed by atoms with Gasteiger partial charge in [0.1, 0.15) is 0 Å². The van der Waals surface area contributed by atoms with E-state index >= 15 is 0 Å². The first kappa shape index (κ1) is 21.4. The molecule has 0 saturated heterocycles. The molecule has 0 atom stereocenters. The molecular formula is C23H22Cl2N4O2. The minimum absolute atomic E-state index is 0.174. The molecule has 1 aliphatic rings. The molecule has 0 bridgehead atoms. The lowest BCUT2D eigenvalue weighted by molar-refractivity contribution is 0.0926. The standard InChI is InChI=1S/C23H22Cl2N4O2/c24-16-5-4-8-19(11-16)29-14-15(13-26-29)22(30)28-18-9-10-21(25)20(12-18)23(31)27-17-6-2-1-3-7-17/h4-5,8-14,17H,1-3,6-7H2,(H,27,31)(H,28,30). The van der Waals surface area contributed by atoms with Crippen molar-refractivity contribution in [3.8, 4) is 5.69 Å². The number of rotatable bonds is 5.